The number of esters is 1. The van der Waals surface area contributed by atoms with Crippen LogP contribution in [0.3, 0.4) is 0 Å². The molecule has 5 nitrogen and oxygen atoms in total. The fraction of sp³-hybridized carbons (Fsp3) is 0.111. The number of carbonyl (C=O) groups excluding carboxylic acids is 1. The molecule has 0 unspecified atom stereocenters. The molecular formula is C18H12FNO4S. The normalized spacial score (nSPS) is 14.4. The minimum atomic E-state index is -3.68. The van der Waals surface area contributed by atoms with Crippen molar-refractivity contribution < 1.29 is 22.3 Å². The lowest BCUT2D eigenvalue weighted by Crippen LogP contribution is -2.02. The first-order valence-electron chi connectivity index (χ1n) is 7.22. The van der Waals surface area contributed by atoms with Crippen molar-refractivity contribution in [1.29, 1.82) is 5.26 Å². The second kappa shape index (κ2) is 6.15. The van der Waals surface area contributed by atoms with Crippen LogP contribution in [0.4, 0.5) is 4.39 Å². The van der Waals surface area contributed by atoms with E-state index in [0.29, 0.717) is 22.3 Å². The number of benzene rings is 2. The van der Waals surface area contributed by atoms with Gasteiger partial charge in [-0.15, -0.1) is 0 Å². The van der Waals surface area contributed by atoms with E-state index in [4.69, 9.17) is 10.00 Å². The first-order chi connectivity index (χ1) is 11.8. The van der Waals surface area contributed by atoms with Gasteiger partial charge in [-0.2, -0.15) is 5.26 Å². The molecule has 0 radical (unpaired) electrons. The van der Waals surface area contributed by atoms with Crippen molar-refractivity contribution in [3.8, 4) is 6.07 Å². The van der Waals surface area contributed by atoms with Crippen LogP contribution in [0.2, 0.25) is 0 Å². The molecule has 0 bridgehead atoms. The second-order valence-electron chi connectivity index (χ2n) is 5.54. The molecular weight excluding hydrogens is 345 g/mol. The average molecular weight is 357 g/mol. The lowest BCUT2D eigenvalue weighted by Gasteiger charge is -2.07. The predicted molar refractivity (Wildman–Crippen MR) is 88.4 cm³/mol. The van der Waals surface area contributed by atoms with Crippen LogP contribution in [-0.4, -0.2) is 27.2 Å². The number of nitrogens with zero attached hydrogens (tertiary/aromatic N) is 1. The molecule has 0 atom stereocenters. The lowest BCUT2D eigenvalue weighted by molar-refractivity contribution is -0.133. The zero-order valence-electron chi connectivity index (χ0n) is 13.1. The van der Waals surface area contributed by atoms with Crippen molar-refractivity contribution in [2.24, 2.45) is 0 Å². The van der Waals surface area contributed by atoms with Gasteiger partial charge in [-0.1, -0.05) is 18.2 Å². The Bertz CT molecular complexity index is 1050. The Morgan fingerprint density at radius 2 is 1.76 bits per heavy atom. The van der Waals surface area contributed by atoms with Gasteiger partial charge in [0.2, 0.25) is 0 Å². The van der Waals surface area contributed by atoms with Gasteiger partial charge in [0.05, 0.1) is 17.2 Å². The van der Waals surface area contributed by atoms with Gasteiger partial charge in [0.15, 0.2) is 9.84 Å². The van der Waals surface area contributed by atoms with Crippen LogP contribution in [0, 0.1) is 17.1 Å². The Morgan fingerprint density at radius 3 is 2.32 bits per heavy atom. The van der Waals surface area contributed by atoms with E-state index in [9.17, 15) is 17.6 Å². The highest BCUT2D eigenvalue weighted by Crippen LogP contribution is 2.34. The standard InChI is InChI=1S/C18H12FNO4S/c1-25(22,23)16-7-6-13(8-15(16)19)14-10-24-18(21)17(14)12-4-2-11(9-20)3-5-12/h2-8H,10H2,1H3. The van der Waals surface area contributed by atoms with Gasteiger partial charge in [-0.05, 0) is 35.4 Å². The van der Waals surface area contributed by atoms with Gasteiger partial charge in [0.1, 0.15) is 17.3 Å². The van der Waals surface area contributed by atoms with E-state index in [-0.39, 0.29) is 12.2 Å². The first-order valence-corrected chi connectivity index (χ1v) is 9.11. The van der Waals surface area contributed by atoms with Gasteiger partial charge in [-0.3, -0.25) is 0 Å². The smallest absolute Gasteiger partial charge is 0.339 e. The van der Waals surface area contributed by atoms with E-state index in [1.807, 2.05) is 6.07 Å². The van der Waals surface area contributed by atoms with Gasteiger partial charge < -0.3 is 4.74 Å². The Hall–Kier alpha value is -2.98. The minimum Gasteiger partial charge on any atom is -0.457 e. The molecule has 2 aromatic carbocycles. The van der Waals surface area contributed by atoms with Crippen molar-refractivity contribution in [2.45, 2.75) is 4.90 Å². The molecule has 1 heterocycles. The number of cyclic esters (lactones) is 1. The summed E-state index contributed by atoms with van der Waals surface area (Å²) < 4.78 is 42.3. The molecule has 1 aliphatic heterocycles. The average Bonchev–Trinajstić information content (AvgIpc) is 2.95. The fourth-order valence-corrected chi connectivity index (χ4v) is 3.35. The fourth-order valence-electron chi connectivity index (χ4n) is 2.63. The van der Waals surface area contributed by atoms with Gasteiger partial charge >= 0.3 is 5.97 Å². The Balaban J connectivity index is 2.13. The zero-order chi connectivity index (χ0) is 18.2. The largest absolute Gasteiger partial charge is 0.457 e. The van der Waals surface area contributed by atoms with Crippen LogP contribution in [-0.2, 0) is 19.4 Å². The second-order valence-corrected chi connectivity index (χ2v) is 7.52. The number of sulfone groups is 1. The van der Waals surface area contributed by atoms with Crippen LogP contribution in [0.1, 0.15) is 16.7 Å². The molecule has 0 amide bonds. The van der Waals surface area contributed by atoms with E-state index < -0.39 is 26.5 Å². The zero-order valence-corrected chi connectivity index (χ0v) is 13.9. The highest BCUT2D eigenvalue weighted by Gasteiger charge is 2.28. The summed E-state index contributed by atoms with van der Waals surface area (Å²) in [7, 11) is -3.68. The summed E-state index contributed by atoms with van der Waals surface area (Å²) in [6, 6.07) is 12.0. The summed E-state index contributed by atoms with van der Waals surface area (Å²) in [5.74, 6) is -1.43. The summed E-state index contributed by atoms with van der Waals surface area (Å²) in [4.78, 5) is 11.7. The van der Waals surface area contributed by atoms with E-state index in [2.05, 4.69) is 0 Å². The third-order valence-electron chi connectivity index (χ3n) is 3.84. The van der Waals surface area contributed by atoms with Gasteiger partial charge in [0.25, 0.3) is 0 Å². The van der Waals surface area contributed by atoms with Crippen LogP contribution < -0.4 is 0 Å². The summed E-state index contributed by atoms with van der Waals surface area (Å²) in [6.07, 6.45) is 0.925. The SMILES string of the molecule is CS(=O)(=O)c1ccc(C2=C(c3ccc(C#N)cc3)C(=O)OC2)cc1F. The number of hydrogen-bond donors (Lipinski definition) is 0. The molecule has 0 N–H and O–H groups in total. The molecule has 0 aliphatic carbocycles. The van der Waals surface area contributed by atoms with Crippen LogP contribution in [0.25, 0.3) is 11.1 Å². The van der Waals surface area contributed by atoms with E-state index >= 15 is 0 Å². The number of halogens is 1. The van der Waals surface area contributed by atoms with Gasteiger partial charge in [-0.25, -0.2) is 17.6 Å². The monoisotopic (exact) mass is 357 g/mol. The molecule has 0 spiro atoms. The highest BCUT2D eigenvalue weighted by molar-refractivity contribution is 7.90. The molecule has 7 heteroatoms. The van der Waals surface area contributed by atoms with Crippen molar-refractivity contribution in [2.75, 3.05) is 12.9 Å². The third-order valence-corrected chi connectivity index (χ3v) is 4.97. The Labute approximate surface area is 143 Å². The van der Waals surface area contributed by atoms with E-state index in [0.717, 1.165) is 12.3 Å². The molecule has 0 aromatic heterocycles. The van der Waals surface area contributed by atoms with Crippen LogP contribution >= 0.6 is 0 Å². The summed E-state index contributed by atoms with van der Waals surface area (Å²) >= 11 is 0. The van der Waals surface area contributed by atoms with Crippen LogP contribution in [0.15, 0.2) is 47.4 Å². The number of rotatable bonds is 3. The third kappa shape index (κ3) is 3.16. The van der Waals surface area contributed by atoms with E-state index in [1.54, 1.807) is 24.3 Å². The topological polar surface area (TPSA) is 84.2 Å². The minimum absolute atomic E-state index is 0.0359. The molecule has 25 heavy (non-hydrogen) atoms. The highest BCUT2D eigenvalue weighted by atomic mass is 32.2. The summed E-state index contributed by atoms with van der Waals surface area (Å²) in [5.41, 5.74) is 2.10. The summed E-state index contributed by atoms with van der Waals surface area (Å²) in [6.45, 7) is -0.0359. The molecule has 0 fully saturated rings. The molecule has 0 saturated heterocycles. The first kappa shape index (κ1) is 16.9. The lowest BCUT2D eigenvalue weighted by atomic mass is 9.96. The van der Waals surface area contributed by atoms with Crippen LogP contribution in [0.5, 0.6) is 0 Å². The van der Waals surface area contributed by atoms with Crippen molar-refractivity contribution in [1.82, 2.24) is 0 Å². The van der Waals surface area contributed by atoms with E-state index in [1.165, 1.54) is 12.1 Å². The maximum absolute atomic E-state index is 14.2. The van der Waals surface area contributed by atoms with Crippen molar-refractivity contribution in [3.63, 3.8) is 0 Å². The van der Waals surface area contributed by atoms with Crippen molar-refractivity contribution in [3.05, 3.63) is 65.0 Å². The molecule has 0 saturated carbocycles. The molecule has 2 aromatic rings. The quantitative estimate of drug-likeness (QED) is 0.788. The number of carbonyl (C=O) groups is 1. The Kier molecular flexibility index (Phi) is 4.15. The molecule has 1 aliphatic rings. The summed E-state index contributed by atoms with van der Waals surface area (Å²) in [5, 5.41) is 8.85. The number of nitriles is 1. The van der Waals surface area contributed by atoms with Gasteiger partial charge in [0, 0.05) is 11.8 Å². The molecule has 126 valence electrons. The maximum Gasteiger partial charge on any atom is 0.339 e. The predicted octanol–water partition coefficient (Wildman–Crippen LogP) is 2.57. The van der Waals surface area contributed by atoms with Crippen molar-refractivity contribution >= 4 is 27.0 Å². The number of hydrogen-bond acceptors (Lipinski definition) is 5. The number of ether oxygens (including phenoxy) is 1. The molecule has 3 rings (SSSR count). The Morgan fingerprint density at radius 1 is 1.12 bits per heavy atom. The maximum atomic E-state index is 14.2.